The van der Waals surface area contributed by atoms with Gasteiger partial charge in [-0.3, -0.25) is 14.2 Å². The summed E-state index contributed by atoms with van der Waals surface area (Å²) in [6, 6.07) is 16.5. The summed E-state index contributed by atoms with van der Waals surface area (Å²) >= 11 is 1.26. The van der Waals surface area contributed by atoms with Crippen LogP contribution in [0, 0.1) is 0 Å². The van der Waals surface area contributed by atoms with E-state index in [4.69, 9.17) is 4.74 Å². The summed E-state index contributed by atoms with van der Waals surface area (Å²) < 4.78 is 7.03. The van der Waals surface area contributed by atoms with E-state index in [9.17, 15) is 9.59 Å². The second-order valence-electron chi connectivity index (χ2n) is 6.39. The van der Waals surface area contributed by atoms with Crippen molar-refractivity contribution in [3.63, 3.8) is 0 Å². The molecule has 0 bridgehead atoms. The van der Waals surface area contributed by atoms with Gasteiger partial charge in [-0.2, -0.15) is 0 Å². The lowest BCUT2D eigenvalue weighted by Gasteiger charge is -2.16. The van der Waals surface area contributed by atoms with Gasteiger partial charge in [0, 0.05) is 6.07 Å². The van der Waals surface area contributed by atoms with Crippen molar-refractivity contribution < 1.29 is 14.3 Å². The molecule has 0 radical (unpaired) electrons. The molecule has 1 amide bonds. The zero-order chi connectivity index (χ0) is 20.6. The van der Waals surface area contributed by atoms with Crippen LogP contribution in [0.5, 0.6) is 5.75 Å². The number of nitrogens with one attached hydrogen (secondary N) is 1. The van der Waals surface area contributed by atoms with Gasteiger partial charge in [0.2, 0.25) is 5.91 Å². The molecule has 0 aliphatic rings. The van der Waals surface area contributed by atoms with Crippen LogP contribution in [0.2, 0.25) is 0 Å². The molecule has 3 aromatic rings. The molecule has 1 N–H and O–H groups in total. The maximum Gasteiger partial charge on any atom is 0.231 e. The standard InChI is InChI=1S/C21H22N4O3S/c1-15(26)19(11-16-7-4-3-5-8-16)23-20(27)13-29-21-24-22-14-25(21)17-9-6-10-18(12-17)28-2/h3-10,12,14,19H,11,13H2,1-2H3,(H,23,27). The van der Waals surface area contributed by atoms with Gasteiger partial charge < -0.3 is 10.1 Å². The number of ketones is 1. The molecule has 150 valence electrons. The smallest absolute Gasteiger partial charge is 0.231 e. The lowest BCUT2D eigenvalue weighted by molar-refractivity contribution is -0.125. The third-order valence-corrected chi connectivity index (χ3v) is 5.23. The monoisotopic (exact) mass is 410 g/mol. The zero-order valence-electron chi connectivity index (χ0n) is 16.2. The Hall–Kier alpha value is -3.13. The maximum atomic E-state index is 12.4. The Labute approximate surface area is 173 Å². The van der Waals surface area contributed by atoms with E-state index in [-0.39, 0.29) is 17.4 Å². The van der Waals surface area contributed by atoms with E-state index in [0.29, 0.717) is 11.6 Å². The molecule has 29 heavy (non-hydrogen) atoms. The van der Waals surface area contributed by atoms with Gasteiger partial charge in [-0.25, -0.2) is 0 Å². The third kappa shape index (κ3) is 5.68. The lowest BCUT2D eigenvalue weighted by atomic mass is 10.0. The Bertz CT molecular complexity index is 975. The van der Waals surface area contributed by atoms with Gasteiger partial charge in [-0.1, -0.05) is 48.2 Å². The molecule has 8 heteroatoms. The Morgan fingerprint density at radius 1 is 1.17 bits per heavy atom. The molecular formula is C21H22N4O3S. The van der Waals surface area contributed by atoms with Crippen molar-refractivity contribution in [3.8, 4) is 11.4 Å². The Balaban J connectivity index is 1.62. The molecule has 1 unspecified atom stereocenters. The van der Waals surface area contributed by atoms with Crippen molar-refractivity contribution in [2.24, 2.45) is 0 Å². The number of carbonyl (C=O) groups is 2. The van der Waals surface area contributed by atoms with Crippen molar-refractivity contribution in [1.29, 1.82) is 0 Å². The number of thioether (sulfide) groups is 1. The molecule has 0 aliphatic heterocycles. The van der Waals surface area contributed by atoms with E-state index < -0.39 is 6.04 Å². The van der Waals surface area contributed by atoms with Gasteiger partial charge in [0.05, 0.1) is 24.6 Å². The van der Waals surface area contributed by atoms with Crippen molar-refractivity contribution in [2.45, 2.75) is 24.5 Å². The van der Waals surface area contributed by atoms with E-state index in [1.54, 1.807) is 18.0 Å². The molecular weight excluding hydrogens is 388 g/mol. The number of rotatable bonds is 9. The minimum absolute atomic E-state index is 0.0771. The first kappa shape index (κ1) is 20.6. The summed E-state index contributed by atoms with van der Waals surface area (Å²) in [4.78, 5) is 24.4. The van der Waals surface area contributed by atoms with E-state index in [1.807, 2.05) is 54.6 Å². The highest BCUT2D eigenvalue weighted by Gasteiger charge is 2.18. The molecule has 1 heterocycles. The Kier molecular flexibility index (Phi) is 7.02. The van der Waals surface area contributed by atoms with Gasteiger partial charge in [0.1, 0.15) is 12.1 Å². The Morgan fingerprint density at radius 2 is 1.97 bits per heavy atom. The lowest BCUT2D eigenvalue weighted by Crippen LogP contribution is -2.42. The van der Waals surface area contributed by atoms with E-state index in [0.717, 1.165) is 17.0 Å². The van der Waals surface area contributed by atoms with Crippen LogP contribution in [-0.4, -0.2) is 45.4 Å². The topological polar surface area (TPSA) is 86.1 Å². The summed E-state index contributed by atoms with van der Waals surface area (Å²) in [6.45, 7) is 1.49. The first-order valence-corrected chi connectivity index (χ1v) is 10.1. The molecule has 0 saturated heterocycles. The molecule has 2 aromatic carbocycles. The number of carbonyl (C=O) groups excluding carboxylic acids is 2. The molecule has 1 atom stereocenters. The number of hydrogen-bond acceptors (Lipinski definition) is 6. The second kappa shape index (κ2) is 9.88. The van der Waals surface area contributed by atoms with Crippen molar-refractivity contribution >= 4 is 23.5 Å². The SMILES string of the molecule is COc1cccc(-n2cnnc2SCC(=O)NC(Cc2ccccc2)C(C)=O)c1. The van der Waals surface area contributed by atoms with Crippen LogP contribution in [0.15, 0.2) is 66.1 Å². The molecule has 0 fully saturated rings. The fourth-order valence-corrected chi connectivity index (χ4v) is 3.51. The highest BCUT2D eigenvalue weighted by atomic mass is 32.2. The first-order valence-electron chi connectivity index (χ1n) is 9.08. The van der Waals surface area contributed by atoms with Crippen LogP contribution in [-0.2, 0) is 16.0 Å². The number of amides is 1. The predicted molar refractivity (Wildman–Crippen MR) is 111 cm³/mol. The first-order chi connectivity index (χ1) is 14.1. The van der Waals surface area contributed by atoms with Gasteiger partial charge in [0.15, 0.2) is 10.9 Å². The zero-order valence-corrected chi connectivity index (χ0v) is 17.1. The molecule has 0 aliphatic carbocycles. The summed E-state index contributed by atoms with van der Waals surface area (Å²) in [6.07, 6.45) is 2.05. The minimum Gasteiger partial charge on any atom is -0.497 e. The number of nitrogens with zero attached hydrogens (tertiary/aromatic N) is 3. The van der Waals surface area contributed by atoms with Crippen LogP contribution in [0.25, 0.3) is 5.69 Å². The molecule has 1 aromatic heterocycles. The van der Waals surface area contributed by atoms with Gasteiger partial charge in [0.25, 0.3) is 0 Å². The van der Waals surface area contributed by atoms with Crippen molar-refractivity contribution in [1.82, 2.24) is 20.1 Å². The number of Topliss-reactive ketones (excluding diaryl/α,β-unsaturated/α-hetero) is 1. The fourth-order valence-electron chi connectivity index (χ4n) is 2.77. The average Bonchev–Trinajstić information content (AvgIpc) is 3.21. The maximum absolute atomic E-state index is 12.4. The largest absolute Gasteiger partial charge is 0.497 e. The number of aromatic nitrogens is 3. The molecule has 0 saturated carbocycles. The fraction of sp³-hybridized carbons (Fsp3) is 0.238. The van der Waals surface area contributed by atoms with E-state index in [1.165, 1.54) is 18.7 Å². The number of benzene rings is 2. The summed E-state index contributed by atoms with van der Waals surface area (Å²) in [5.74, 6) is 0.537. The van der Waals surface area contributed by atoms with Gasteiger partial charge >= 0.3 is 0 Å². The van der Waals surface area contributed by atoms with Gasteiger partial charge in [-0.15, -0.1) is 10.2 Å². The van der Waals surface area contributed by atoms with E-state index >= 15 is 0 Å². The quantitative estimate of drug-likeness (QED) is 0.546. The van der Waals surface area contributed by atoms with Crippen LogP contribution in [0.1, 0.15) is 12.5 Å². The van der Waals surface area contributed by atoms with Crippen LogP contribution >= 0.6 is 11.8 Å². The highest BCUT2D eigenvalue weighted by molar-refractivity contribution is 7.99. The Morgan fingerprint density at radius 3 is 2.69 bits per heavy atom. The normalized spacial score (nSPS) is 11.7. The van der Waals surface area contributed by atoms with Gasteiger partial charge in [-0.05, 0) is 31.0 Å². The highest BCUT2D eigenvalue weighted by Crippen LogP contribution is 2.22. The number of hydrogen-bond donors (Lipinski definition) is 1. The average molecular weight is 410 g/mol. The minimum atomic E-state index is -0.554. The summed E-state index contributed by atoms with van der Waals surface area (Å²) in [5, 5.41) is 11.4. The molecule has 3 rings (SSSR count). The molecule has 7 nitrogen and oxygen atoms in total. The predicted octanol–water partition coefficient (Wildman–Crippen LogP) is 2.68. The van der Waals surface area contributed by atoms with Crippen molar-refractivity contribution in [3.05, 3.63) is 66.5 Å². The van der Waals surface area contributed by atoms with Crippen LogP contribution in [0.3, 0.4) is 0 Å². The summed E-state index contributed by atoms with van der Waals surface area (Å²) in [7, 11) is 1.60. The van der Waals surface area contributed by atoms with E-state index in [2.05, 4.69) is 15.5 Å². The summed E-state index contributed by atoms with van der Waals surface area (Å²) in [5.41, 5.74) is 1.83. The second-order valence-corrected chi connectivity index (χ2v) is 7.34. The number of ether oxygens (including phenoxy) is 1. The number of methoxy groups -OCH3 is 1. The molecule has 0 spiro atoms. The van der Waals surface area contributed by atoms with Crippen LogP contribution < -0.4 is 10.1 Å². The van der Waals surface area contributed by atoms with Crippen molar-refractivity contribution in [2.75, 3.05) is 12.9 Å². The third-order valence-electron chi connectivity index (χ3n) is 4.29. The van der Waals surface area contributed by atoms with Crippen LogP contribution in [0.4, 0.5) is 0 Å².